The number of rotatable bonds is 6. The van der Waals surface area contributed by atoms with E-state index in [4.69, 9.17) is 0 Å². The Kier molecular flexibility index (Phi) is 5.95. The van der Waals surface area contributed by atoms with Crippen LogP contribution in [0.1, 0.15) is 50.2 Å². The third-order valence-electron chi connectivity index (χ3n) is 6.23. The highest BCUT2D eigenvalue weighted by Crippen LogP contribution is 2.28. The second-order valence-corrected chi connectivity index (χ2v) is 10.1. The summed E-state index contributed by atoms with van der Waals surface area (Å²) in [6, 6.07) is 13.3. The largest absolute Gasteiger partial charge is 0.294 e. The fourth-order valence-corrected chi connectivity index (χ4v) is 5.36. The first-order chi connectivity index (χ1) is 13.6. The van der Waals surface area contributed by atoms with E-state index in [1.54, 1.807) is 6.07 Å². The molecule has 0 N–H and O–H groups in total. The van der Waals surface area contributed by atoms with Crippen LogP contribution in [0.25, 0.3) is 10.8 Å². The van der Waals surface area contributed by atoms with Gasteiger partial charge in [-0.2, -0.15) is 0 Å². The van der Waals surface area contributed by atoms with Crippen LogP contribution in [0, 0.1) is 34.6 Å². The van der Waals surface area contributed by atoms with E-state index in [0.717, 1.165) is 38.6 Å². The summed E-state index contributed by atoms with van der Waals surface area (Å²) in [6.07, 6.45) is 0.00257. The maximum Gasteiger partial charge on any atom is 0.163 e. The molecule has 0 fully saturated rings. The highest BCUT2D eigenvalue weighted by Gasteiger charge is 2.20. The quantitative estimate of drug-likeness (QED) is 0.501. The van der Waals surface area contributed by atoms with Crippen molar-refractivity contribution in [1.82, 2.24) is 0 Å². The topological polar surface area (TPSA) is 51.2 Å². The smallest absolute Gasteiger partial charge is 0.163 e. The van der Waals surface area contributed by atoms with Gasteiger partial charge in [0.05, 0.1) is 11.5 Å². The zero-order chi connectivity index (χ0) is 21.3. The van der Waals surface area contributed by atoms with E-state index in [9.17, 15) is 13.2 Å². The van der Waals surface area contributed by atoms with Gasteiger partial charge in [-0.25, -0.2) is 8.42 Å². The van der Waals surface area contributed by atoms with Gasteiger partial charge in [0.15, 0.2) is 15.6 Å². The van der Waals surface area contributed by atoms with E-state index < -0.39 is 9.84 Å². The molecule has 0 amide bonds. The van der Waals surface area contributed by atoms with Gasteiger partial charge < -0.3 is 0 Å². The van der Waals surface area contributed by atoms with E-state index in [2.05, 4.69) is 6.92 Å². The summed E-state index contributed by atoms with van der Waals surface area (Å²) in [5.74, 6) is -0.287. The number of benzene rings is 3. The summed E-state index contributed by atoms with van der Waals surface area (Å²) in [5.41, 5.74) is 7.02. The third-order valence-corrected chi connectivity index (χ3v) is 7.79. The van der Waals surface area contributed by atoms with Crippen molar-refractivity contribution >= 4 is 26.4 Å². The van der Waals surface area contributed by atoms with E-state index >= 15 is 0 Å². The first kappa shape index (κ1) is 21.3. The molecule has 4 heteroatoms. The lowest BCUT2D eigenvalue weighted by Crippen LogP contribution is -2.16. The Morgan fingerprint density at radius 2 is 1.31 bits per heavy atom. The van der Waals surface area contributed by atoms with Crippen LogP contribution >= 0.6 is 0 Å². The third kappa shape index (κ3) is 4.43. The molecule has 3 rings (SSSR count). The Morgan fingerprint density at radius 1 is 0.759 bits per heavy atom. The number of fused-ring (bicyclic) bond motifs is 1. The lowest BCUT2D eigenvalue weighted by molar-refractivity contribution is 0.0989. The Morgan fingerprint density at radius 3 is 1.93 bits per heavy atom. The molecule has 0 saturated heterocycles. The first-order valence-electron chi connectivity index (χ1n) is 9.89. The summed E-state index contributed by atoms with van der Waals surface area (Å²) < 4.78 is 25.6. The molecular formula is C25H28O3S. The number of Topliss-reactive ketones (excluding diaryl/α,β-unsaturated/α-hetero) is 1. The van der Waals surface area contributed by atoms with E-state index in [-0.39, 0.29) is 23.7 Å². The molecule has 0 saturated carbocycles. The number of carbonyl (C=O) groups is 1. The standard InChI is InChI=1S/C25H28O3S/c1-16-17(2)19(4)24(20(5)18(16)3)15-29(27,28)13-12-25(26)23-11-10-21-8-6-7-9-22(21)14-23/h6-11,14H,12-13,15H2,1-5H3. The highest BCUT2D eigenvalue weighted by atomic mass is 32.2. The SMILES string of the molecule is Cc1c(C)c(C)c(CS(=O)(=O)CCC(=O)c2ccc3ccccc3c2)c(C)c1C. The van der Waals surface area contributed by atoms with E-state index in [1.165, 1.54) is 5.56 Å². The van der Waals surface area contributed by atoms with Crippen molar-refractivity contribution in [3.63, 3.8) is 0 Å². The van der Waals surface area contributed by atoms with Gasteiger partial charge >= 0.3 is 0 Å². The van der Waals surface area contributed by atoms with Gasteiger partial charge in [0.25, 0.3) is 0 Å². The minimum atomic E-state index is -3.39. The van der Waals surface area contributed by atoms with Crippen LogP contribution in [0.15, 0.2) is 42.5 Å². The van der Waals surface area contributed by atoms with Crippen molar-refractivity contribution in [1.29, 1.82) is 0 Å². The molecule has 3 nitrogen and oxygen atoms in total. The maximum absolute atomic E-state index is 12.8. The molecule has 29 heavy (non-hydrogen) atoms. The lowest BCUT2D eigenvalue weighted by Gasteiger charge is -2.18. The number of sulfone groups is 1. The van der Waals surface area contributed by atoms with Crippen LogP contribution in [0.4, 0.5) is 0 Å². The molecule has 0 aliphatic carbocycles. The van der Waals surface area contributed by atoms with Crippen molar-refractivity contribution in [3.8, 4) is 0 Å². The van der Waals surface area contributed by atoms with Crippen molar-refractivity contribution in [2.24, 2.45) is 0 Å². The molecule has 3 aromatic carbocycles. The molecule has 0 aromatic heterocycles. The number of hydrogen-bond donors (Lipinski definition) is 0. The zero-order valence-electron chi connectivity index (χ0n) is 17.8. The van der Waals surface area contributed by atoms with Gasteiger partial charge in [-0.15, -0.1) is 0 Å². The predicted molar refractivity (Wildman–Crippen MR) is 121 cm³/mol. The van der Waals surface area contributed by atoms with Gasteiger partial charge in [0.2, 0.25) is 0 Å². The number of carbonyl (C=O) groups excluding carboxylic acids is 1. The van der Waals surface area contributed by atoms with Gasteiger partial charge in [-0.05, 0) is 84.8 Å². The van der Waals surface area contributed by atoms with E-state index in [1.807, 2.05) is 64.1 Å². The molecule has 0 aliphatic rings. The average molecular weight is 409 g/mol. The molecule has 0 spiro atoms. The van der Waals surface area contributed by atoms with Gasteiger partial charge in [-0.3, -0.25) is 4.79 Å². The van der Waals surface area contributed by atoms with Gasteiger partial charge in [0, 0.05) is 12.0 Å². The summed E-state index contributed by atoms with van der Waals surface area (Å²) >= 11 is 0. The van der Waals surface area contributed by atoms with Crippen LogP contribution in [-0.4, -0.2) is 20.0 Å². The summed E-state index contributed by atoms with van der Waals surface area (Å²) in [6.45, 7) is 10.1. The molecule has 0 radical (unpaired) electrons. The summed E-state index contributed by atoms with van der Waals surface area (Å²) in [4.78, 5) is 12.6. The molecular weight excluding hydrogens is 380 g/mol. The second-order valence-electron chi connectivity index (χ2n) is 7.93. The van der Waals surface area contributed by atoms with Gasteiger partial charge in [0.1, 0.15) is 0 Å². The molecule has 0 heterocycles. The van der Waals surface area contributed by atoms with Crippen LogP contribution in [0.5, 0.6) is 0 Å². The molecule has 3 aromatic rings. The van der Waals surface area contributed by atoms with Crippen molar-refractivity contribution in [2.75, 3.05) is 5.75 Å². The summed E-state index contributed by atoms with van der Waals surface area (Å²) in [5, 5.41) is 2.05. The Hall–Kier alpha value is -2.46. The molecule has 0 aliphatic heterocycles. The Labute approximate surface area is 173 Å². The highest BCUT2D eigenvalue weighted by molar-refractivity contribution is 7.90. The van der Waals surface area contributed by atoms with Crippen molar-refractivity contribution in [3.05, 3.63) is 81.4 Å². The van der Waals surface area contributed by atoms with Crippen LogP contribution in [-0.2, 0) is 15.6 Å². The number of ketones is 1. The second kappa shape index (κ2) is 8.11. The molecule has 0 atom stereocenters. The van der Waals surface area contributed by atoms with Crippen LogP contribution in [0.3, 0.4) is 0 Å². The lowest BCUT2D eigenvalue weighted by atomic mass is 9.90. The minimum absolute atomic E-state index is 0.00257. The fraction of sp³-hybridized carbons (Fsp3) is 0.320. The zero-order valence-corrected chi connectivity index (χ0v) is 18.6. The minimum Gasteiger partial charge on any atom is -0.294 e. The molecule has 0 bridgehead atoms. The number of hydrogen-bond acceptors (Lipinski definition) is 3. The Balaban J connectivity index is 1.77. The normalized spacial score (nSPS) is 11.8. The molecule has 0 unspecified atom stereocenters. The monoisotopic (exact) mass is 408 g/mol. The summed E-state index contributed by atoms with van der Waals surface area (Å²) in [7, 11) is -3.39. The predicted octanol–water partition coefficient (Wildman–Crippen LogP) is 5.57. The first-order valence-corrected chi connectivity index (χ1v) is 11.7. The van der Waals surface area contributed by atoms with Crippen LogP contribution in [0.2, 0.25) is 0 Å². The van der Waals surface area contributed by atoms with Crippen molar-refractivity contribution in [2.45, 2.75) is 46.8 Å². The van der Waals surface area contributed by atoms with E-state index in [0.29, 0.717) is 5.56 Å². The van der Waals surface area contributed by atoms with Crippen molar-refractivity contribution < 1.29 is 13.2 Å². The molecule has 152 valence electrons. The Bertz CT molecular complexity index is 1180. The maximum atomic E-state index is 12.8. The van der Waals surface area contributed by atoms with Gasteiger partial charge in [-0.1, -0.05) is 36.4 Å². The average Bonchev–Trinajstić information content (AvgIpc) is 2.72. The van der Waals surface area contributed by atoms with Crippen LogP contribution < -0.4 is 0 Å². The fourth-order valence-electron chi connectivity index (χ4n) is 3.84.